The van der Waals surface area contributed by atoms with E-state index in [-0.39, 0.29) is 76.4 Å². The molecule has 9 nitrogen and oxygen atoms in total. The number of hydrogen-bond acceptors (Lipinski definition) is 8. The number of rotatable bonds is 0. The molecule has 0 radical (unpaired) electrons. The molecule has 0 aromatic heterocycles. The van der Waals surface area contributed by atoms with E-state index in [1.54, 1.807) is 12.1 Å². The summed E-state index contributed by atoms with van der Waals surface area (Å²) in [5.74, 6) is 0.346. The summed E-state index contributed by atoms with van der Waals surface area (Å²) in [6, 6.07) is 2.71. The predicted molar refractivity (Wildman–Crippen MR) is 74.5 cm³/mol. The van der Waals surface area contributed by atoms with Crippen molar-refractivity contribution in [2.45, 2.75) is 36.7 Å². The van der Waals surface area contributed by atoms with Crippen LogP contribution in [0.2, 0.25) is 0 Å². The van der Waals surface area contributed by atoms with Crippen molar-refractivity contribution in [3.63, 3.8) is 0 Å². The summed E-state index contributed by atoms with van der Waals surface area (Å²) in [6.07, 6.45) is -2.74. The molecule has 1 aromatic rings. The van der Waals surface area contributed by atoms with Crippen LogP contribution in [-0.2, 0) is 13.6 Å². The van der Waals surface area contributed by atoms with E-state index in [2.05, 4.69) is 5.32 Å². The predicted octanol–water partition coefficient (Wildman–Crippen LogP) is -3.37. The number of fused-ring (bicyclic) bond motifs is 6. The van der Waals surface area contributed by atoms with Crippen LogP contribution in [0.25, 0.3) is 0 Å². The minimum absolute atomic E-state index is 0. The fourth-order valence-electron chi connectivity index (χ4n) is 3.97. The van der Waals surface area contributed by atoms with Crippen molar-refractivity contribution in [3.05, 3.63) is 23.3 Å². The fourth-order valence-corrected chi connectivity index (χ4v) is 5.12. The van der Waals surface area contributed by atoms with Gasteiger partial charge in [0.05, 0.1) is 12.1 Å². The fraction of sp³-hybridized carbons (Fsp3) is 0.500. The molecular formula is C14H13KNO8P. The van der Waals surface area contributed by atoms with Crippen LogP contribution in [0.15, 0.2) is 12.1 Å². The summed E-state index contributed by atoms with van der Waals surface area (Å²) in [5.41, 5.74) is 1.11. The van der Waals surface area contributed by atoms with Gasteiger partial charge in [0, 0.05) is 11.5 Å². The van der Waals surface area contributed by atoms with Gasteiger partial charge in [-0.15, -0.1) is 0 Å². The van der Waals surface area contributed by atoms with Crippen LogP contribution in [0, 0.1) is 0 Å². The zero-order valence-corrected chi connectivity index (χ0v) is 17.2. The zero-order chi connectivity index (χ0) is 16.6. The van der Waals surface area contributed by atoms with E-state index in [0.717, 1.165) is 0 Å². The number of ether oxygens (including phenoxy) is 2. The van der Waals surface area contributed by atoms with Gasteiger partial charge in [-0.1, -0.05) is 0 Å². The van der Waals surface area contributed by atoms with Crippen LogP contribution >= 0.6 is 7.82 Å². The van der Waals surface area contributed by atoms with Gasteiger partial charge in [-0.3, -0.25) is 9.36 Å². The maximum Gasteiger partial charge on any atom is 1.00 e. The molecule has 1 saturated carbocycles. The molecule has 5 rings (SSSR count). The first-order chi connectivity index (χ1) is 11.4. The molecule has 3 heterocycles. The van der Waals surface area contributed by atoms with E-state index in [4.69, 9.17) is 18.5 Å². The van der Waals surface area contributed by atoms with E-state index in [1.165, 1.54) is 0 Å². The number of phosphoric ester groups is 1. The van der Waals surface area contributed by atoms with Gasteiger partial charge in [-0.2, -0.15) is 0 Å². The second-order valence-corrected chi connectivity index (χ2v) is 7.60. The molecule has 128 valence electrons. The standard InChI is InChI=1S/C14H14NO8P.K/c16-8-1-6-5-2-9-10(21-4-20-9)3-7(5)14(17)15-11(6)13-12(8)22-24(18,19)23-13;/h2-3,6,8,11-13,16H,1,4H2,(H,15,17)(H,18,19);/q;+1/p-1/t6-,8+,11-,12-,13+;/m1./s1. The Morgan fingerprint density at radius 2 is 1.88 bits per heavy atom. The number of aliphatic hydroxyl groups is 1. The number of carbonyl (C=O) groups is 1. The van der Waals surface area contributed by atoms with Crippen molar-refractivity contribution in [1.82, 2.24) is 5.32 Å². The smallest absolute Gasteiger partial charge is 0.756 e. The Kier molecular flexibility index (Phi) is 4.60. The largest absolute Gasteiger partial charge is 1.00 e. The number of amides is 1. The Morgan fingerprint density at radius 1 is 1.20 bits per heavy atom. The number of hydrogen-bond donors (Lipinski definition) is 2. The molecule has 1 aromatic carbocycles. The summed E-state index contributed by atoms with van der Waals surface area (Å²) in [7, 11) is -4.47. The van der Waals surface area contributed by atoms with Crippen molar-refractivity contribution in [3.8, 4) is 11.5 Å². The normalized spacial score (nSPS) is 40.4. The third-order valence-electron chi connectivity index (χ3n) is 4.97. The molecule has 0 bridgehead atoms. The topological polar surface area (TPSA) is 126 Å². The van der Waals surface area contributed by atoms with Crippen LogP contribution in [-0.4, -0.2) is 42.2 Å². The van der Waals surface area contributed by atoms with Gasteiger partial charge in [0.25, 0.3) is 13.7 Å². The summed E-state index contributed by atoms with van der Waals surface area (Å²) in [5, 5.41) is 13.1. The second-order valence-electron chi connectivity index (χ2n) is 6.29. The number of benzene rings is 1. The van der Waals surface area contributed by atoms with Gasteiger partial charge in [0.15, 0.2) is 11.5 Å². The van der Waals surface area contributed by atoms with Gasteiger partial charge < -0.3 is 33.8 Å². The van der Waals surface area contributed by atoms with Crippen LogP contribution in [0.1, 0.15) is 28.3 Å². The van der Waals surface area contributed by atoms with Crippen molar-refractivity contribution >= 4 is 13.7 Å². The molecule has 6 atom stereocenters. The minimum Gasteiger partial charge on any atom is -0.756 e. The number of phosphoric acid groups is 1. The number of aliphatic hydroxyl groups excluding tert-OH is 1. The van der Waals surface area contributed by atoms with Gasteiger partial charge in [0.1, 0.15) is 12.2 Å². The second kappa shape index (κ2) is 6.27. The monoisotopic (exact) mass is 393 g/mol. The first-order valence-corrected chi connectivity index (χ1v) is 8.99. The van der Waals surface area contributed by atoms with Gasteiger partial charge >= 0.3 is 51.4 Å². The Hall–Kier alpha value is -0.00364. The first-order valence-electron chi connectivity index (χ1n) is 7.53. The molecule has 1 unspecified atom stereocenters. The summed E-state index contributed by atoms with van der Waals surface area (Å²) in [4.78, 5) is 24.1. The molecule has 2 fully saturated rings. The van der Waals surface area contributed by atoms with Crippen molar-refractivity contribution in [1.29, 1.82) is 0 Å². The third kappa shape index (κ3) is 2.83. The van der Waals surface area contributed by atoms with Gasteiger partial charge in [0.2, 0.25) is 6.79 Å². The SMILES string of the molecule is O=C1N[C@H]2[C@@H]3OP(=O)([O-])O[C@@H]3[C@@H](O)C[C@@H]2c2cc3c(cc21)OCO3.[K+]. The number of carbonyl (C=O) groups excluding carboxylic acids is 1. The molecular weight excluding hydrogens is 380 g/mol. The van der Waals surface area contributed by atoms with Crippen LogP contribution in [0.5, 0.6) is 11.5 Å². The Labute approximate surface area is 185 Å². The van der Waals surface area contributed by atoms with E-state index in [0.29, 0.717) is 22.6 Å². The van der Waals surface area contributed by atoms with E-state index in [9.17, 15) is 19.4 Å². The third-order valence-corrected chi connectivity index (χ3v) is 5.98. The molecule has 11 heteroatoms. The molecule has 25 heavy (non-hydrogen) atoms. The average molecular weight is 393 g/mol. The maximum atomic E-state index is 12.5. The Bertz CT molecular complexity index is 803. The Balaban J connectivity index is 0.00000157. The zero-order valence-electron chi connectivity index (χ0n) is 13.2. The van der Waals surface area contributed by atoms with Crippen LogP contribution < -0.4 is 71.1 Å². The summed E-state index contributed by atoms with van der Waals surface area (Å²) >= 11 is 0. The van der Waals surface area contributed by atoms with Gasteiger partial charge in [-0.05, 0) is 24.1 Å². The average Bonchev–Trinajstić information content (AvgIpc) is 3.10. The molecule has 1 amide bonds. The van der Waals surface area contributed by atoms with Gasteiger partial charge in [-0.25, -0.2) is 0 Å². The molecule has 0 spiro atoms. The van der Waals surface area contributed by atoms with Crippen molar-refractivity contribution in [2.24, 2.45) is 0 Å². The van der Waals surface area contributed by atoms with E-state index >= 15 is 0 Å². The number of nitrogens with one attached hydrogen (secondary N) is 1. The molecule has 1 saturated heterocycles. The summed E-state index contributed by atoms with van der Waals surface area (Å²) < 4.78 is 32.1. The van der Waals surface area contributed by atoms with E-state index in [1.807, 2.05) is 0 Å². The molecule has 1 aliphatic carbocycles. The van der Waals surface area contributed by atoms with Crippen molar-refractivity contribution in [2.75, 3.05) is 6.79 Å². The first kappa shape index (κ1) is 18.4. The molecule has 2 N–H and O–H groups in total. The Morgan fingerprint density at radius 3 is 2.64 bits per heavy atom. The minimum atomic E-state index is -4.47. The summed E-state index contributed by atoms with van der Waals surface area (Å²) in [6.45, 7) is 0.0809. The van der Waals surface area contributed by atoms with E-state index < -0.39 is 32.2 Å². The van der Waals surface area contributed by atoms with Crippen LogP contribution in [0.3, 0.4) is 0 Å². The van der Waals surface area contributed by atoms with Crippen LogP contribution in [0.4, 0.5) is 0 Å². The maximum absolute atomic E-state index is 12.5. The van der Waals surface area contributed by atoms with Crippen molar-refractivity contribution < 1.29 is 89.3 Å². The molecule has 4 aliphatic rings. The molecule has 3 aliphatic heterocycles. The quantitative estimate of drug-likeness (QED) is 0.346.